The molecule has 6 nitrogen and oxygen atoms in total. The summed E-state index contributed by atoms with van der Waals surface area (Å²) in [4.78, 5) is 25.0. The zero-order chi connectivity index (χ0) is 18.7. The predicted octanol–water partition coefficient (Wildman–Crippen LogP) is 2.27. The van der Waals surface area contributed by atoms with Crippen LogP contribution in [-0.2, 0) is 19.4 Å². The second kappa shape index (κ2) is 7.29. The van der Waals surface area contributed by atoms with Gasteiger partial charge in [0.25, 0.3) is 5.91 Å². The Bertz CT molecular complexity index is 903. The Kier molecular flexibility index (Phi) is 5.08. The first-order chi connectivity index (χ1) is 12.3. The van der Waals surface area contributed by atoms with Gasteiger partial charge in [-0.15, -0.1) is 0 Å². The molecule has 0 unspecified atom stereocenters. The van der Waals surface area contributed by atoms with Gasteiger partial charge in [-0.2, -0.15) is 0 Å². The summed E-state index contributed by atoms with van der Waals surface area (Å²) in [5.41, 5.74) is 0.754. The van der Waals surface area contributed by atoms with E-state index in [1.54, 1.807) is 24.3 Å². The van der Waals surface area contributed by atoms with Crippen molar-refractivity contribution in [3.63, 3.8) is 0 Å². The zero-order valence-electron chi connectivity index (χ0n) is 14.2. The minimum absolute atomic E-state index is 0.111. The third-order valence-corrected chi connectivity index (χ3v) is 5.14. The number of sulfone groups is 1. The molecule has 2 aromatic carbocycles. The number of benzene rings is 2. The van der Waals surface area contributed by atoms with Crippen LogP contribution < -0.4 is 5.32 Å². The number of ether oxygens (including phenoxy) is 1. The maximum absolute atomic E-state index is 12.5. The molecular formula is C19H19NO5S. The number of amides is 1. The van der Waals surface area contributed by atoms with Crippen LogP contribution in [0.25, 0.3) is 0 Å². The number of nitrogens with one attached hydrogen (secondary N) is 1. The number of hydrogen-bond donors (Lipinski definition) is 1. The lowest BCUT2D eigenvalue weighted by Crippen LogP contribution is -2.33. The van der Waals surface area contributed by atoms with Gasteiger partial charge in [-0.25, -0.2) is 13.2 Å². The summed E-state index contributed by atoms with van der Waals surface area (Å²) >= 11 is 0. The van der Waals surface area contributed by atoms with Crippen LogP contribution in [0.4, 0.5) is 0 Å². The predicted molar refractivity (Wildman–Crippen MR) is 95.3 cm³/mol. The van der Waals surface area contributed by atoms with Gasteiger partial charge < -0.3 is 10.1 Å². The van der Waals surface area contributed by atoms with Crippen molar-refractivity contribution in [3.05, 3.63) is 65.7 Å². The molecule has 0 spiro atoms. The first-order valence-corrected chi connectivity index (χ1v) is 10.1. The summed E-state index contributed by atoms with van der Waals surface area (Å²) < 4.78 is 28.4. The van der Waals surface area contributed by atoms with E-state index in [-0.39, 0.29) is 22.4 Å². The fraction of sp³-hybridized carbons (Fsp3) is 0.263. The van der Waals surface area contributed by atoms with Crippen LogP contribution in [0.2, 0.25) is 0 Å². The summed E-state index contributed by atoms with van der Waals surface area (Å²) in [5.74, 6) is -1.05. The van der Waals surface area contributed by atoms with Gasteiger partial charge in [-0.3, -0.25) is 4.79 Å². The van der Waals surface area contributed by atoms with Crippen molar-refractivity contribution in [1.82, 2.24) is 5.32 Å². The van der Waals surface area contributed by atoms with Gasteiger partial charge in [0, 0.05) is 17.9 Å². The summed E-state index contributed by atoms with van der Waals surface area (Å²) in [6.45, 7) is 0. The molecule has 0 aliphatic heterocycles. The second-order valence-electron chi connectivity index (χ2n) is 6.28. The zero-order valence-corrected chi connectivity index (χ0v) is 15.0. The first kappa shape index (κ1) is 18.1. The number of rotatable bonds is 6. The van der Waals surface area contributed by atoms with Gasteiger partial charge in [-0.05, 0) is 37.1 Å². The third-order valence-electron chi connectivity index (χ3n) is 4.01. The highest BCUT2D eigenvalue weighted by Crippen LogP contribution is 2.24. The Balaban J connectivity index is 1.79. The summed E-state index contributed by atoms with van der Waals surface area (Å²) in [7, 11) is -3.35. The molecule has 3 rings (SSSR count). The van der Waals surface area contributed by atoms with Crippen molar-refractivity contribution in [2.75, 3.05) is 6.26 Å². The van der Waals surface area contributed by atoms with Crippen LogP contribution in [0.3, 0.4) is 0 Å². The molecule has 0 bridgehead atoms. The van der Waals surface area contributed by atoms with Gasteiger partial charge in [0.2, 0.25) is 6.10 Å². The largest absolute Gasteiger partial charge is 0.444 e. The Morgan fingerprint density at radius 3 is 2.19 bits per heavy atom. The highest BCUT2D eigenvalue weighted by atomic mass is 32.2. The van der Waals surface area contributed by atoms with Crippen molar-refractivity contribution in [2.45, 2.75) is 29.9 Å². The Morgan fingerprint density at radius 1 is 1.04 bits per heavy atom. The molecule has 0 aromatic heterocycles. The number of hydrogen-bond acceptors (Lipinski definition) is 5. The first-order valence-electron chi connectivity index (χ1n) is 8.21. The van der Waals surface area contributed by atoms with Crippen LogP contribution in [0.15, 0.2) is 59.5 Å². The van der Waals surface area contributed by atoms with Crippen LogP contribution in [0.1, 0.15) is 34.9 Å². The molecule has 136 valence electrons. The summed E-state index contributed by atoms with van der Waals surface area (Å²) in [5, 5.41) is 2.84. The van der Waals surface area contributed by atoms with E-state index in [1.165, 1.54) is 24.3 Å². The maximum atomic E-state index is 12.5. The third kappa shape index (κ3) is 4.49. The number of carbonyl (C=O) groups excluding carboxylic acids is 2. The molecular weight excluding hydrogens is 354 g/mol. The van der Waals surface area contributed by atoms with Crippen LogP contribution >= 0.6 is 0 Å². The SMILES string of the molecule is CS(=O)(=O)c1ccc(C(=O)O[C@@H](C(=O)NC2CC2)c2ccccc2)cc1. The van der Waals surface area contributed by atoms with Crippen LogP contribution in [0, 0.1) is 0 Å². The smallest absolute Gasteiger partial charge is 0.339 e. The monoisotopic (exact) mass is 373 g/mol. The van der Waals surface area contributed by atoms with Gasteiger partial charge >= 0.3 is 5.97 Å². The van der Waals surface area contributed by atoms with Gasteiger partial charge in [0.1, 0.15) is 0 Å². The summed E-state index contributed by atoms with van der Waals surface area (Å²) in [6, 6.07) is 14.4. The fourth-order valence-corrected chi connectivity index (χ4v) is 3.05. The van der Waals surface area contributed by atoms with E-state index in [9.17, 15) is 18.0 Å². The van der Waals surface area contributed by atoms with Crippen molar-refractivity contribution < 1.29 is 22.7 Å². The maximum Gasteiger partial charge on any atom is 0.339 e. The minimum Gasteiger partial charge on any atom is -0.444 e. The van der Waals surface area contributed by atoms with E-state index in [0.717, 1.165) is 19.1 Å². The van der Waals surface area contributed by atoms with Crippen molar-refractivity contribution in [1.29, 1.82) is 0 Å². The van der Waals surface area contributed by atoms with E-state index in [0.29, 0.717) is 5.56 Å². The van der Waals surface area contributed by atoms with E-state index >= 15 is 0 Å². The molecule has 2 aromatic rings. The minimum atomic E-state index is -3.35. The summed E-state index contributed by atoms with van der Waals surface area (Å²) in [6.07, 6.45) is 1.88. The van der Waals surface area contributed by atoms with Gasteiger partial charge in [-0.1, -0.05) is 30.3 Å². The molecule has 7 heteroatoms. The Hall–Kier alpha value is -2.67. The van der Waals surface area contributed by atoms with E-state index in [1.807, 2.05) is 6.07 Å². The normalized spacial score (nSPS) is 15.1. The van der Waals surface area contributed by atoms with Crippen LogP contribution in [0.5, 0.6) is 0 Å². The van der Waals surface area contributed by atoms with Crippen molar-refractivity contribution in [2.24, 2.45) is 0 Å². The highest BCUT2D eigenvalue weighted by Gasteiger charge is 2.31. The molecule has 1 saturated carbocycles. The molecule has 1 atom stereocenters. The molecule has 0 heterocycles. The molecule has 1 aliphatic rings. The average Bonchev–Trinajstić information content (AvgIpc) is 3.43. The second-order valence-corrected chi connectivity index (χ2v) is 8.29. The lowest BCUT2D eigenvalue weighted by Gasteiger charge is -2.18. The van der Waals surface area contributed by atoms with Gasteiger partial charge in [0.15, 0.2) is 9.84 Å². The van der Waals surface area contributed by atoms with Crippen molar-refractivity contribution in [3.8, 4) is 0 Å². The average molecular weight is 373 g/mol. The Labute approximate surface area is 152 Å². The number of carbonyl (C=O) groups is 2. The highest BCUT2D eigenvalue weighted by molar-refractivity contribution is 7.90. The molecule has 1 N–H and O–H groups in total. The molecule has 1 amide bonds. The van der Waals surface area contributed by atoms with E-state index < -0.39 is 21.9 Å². The number of esters is 1. The standard InChI is InChI=1S/C19H19NO5S/c1-26(23,24)16-11-7-14(8-12-16)19(22)25-17(13-5-3-2-4-6-13)18(21)20-15-9-10-15/h2-8,11-12,15,17H,9-10H2,1H3,(H,20,21)/t17-/m1/s1. The fourth-order valence-electron chi connectivity index (χ4n) is 2.42. The lowest BCUT2D eigenvalue weighted by molar-refractivity contribution is -0.130. The molecule has 26 heavy (non-hydrogen) atoms. The molecule has 0 radical (unpaired) electrons. The van der Waals surface area contributed by atoms with E-state index in [2.05, 4.69) is 5.32 Å². The van der Waals surface area contributed by atoms with Crippen LogP contribution in [-0.4, -0.2) is 32.6 Å². The Morgan fingerprint density at radius 2 is 1.65 bits per heavy atom. The quantitative estimate of drug-likeness (QED) is 0.785. The lowest BCUT2D eigenvalue weighted by atomic mass is 10.1. The van der Waals surface area contributed by atoms with Crippen molar-refractivity contribution >= 4 is 21.7 Å². The topological polar surface area (TPSA) is 89.5 Å². The molecule has 1 aliphatic carbocycles. The van der Waals surface area contributed by atoms with Gasteiger partial charge in [0.05, 0.1) is 10.5 Å². The van der Waals surface area contributed by atoms with E-state index in [4.69, 9.17) is 4.74 Å². The molecule has 1 fully saturated rings. The molecule has 0 saturated heterocycles.